The van der Waals surface area contributed by atoms with E-state index in [1.165, 1.54) is 0 Å². The number of carboxylic acid groups (broad SMARTS) is 6. The highest BCUT2D eigenvalue weighted by Crippen LogP contribution is 2.42. The van der Waals surface area contributed by atoms with Crippen molar-refractivity contribution in [2.24, 2.45) is 22.9 Å². The van der Waals surface area contributed by atoms with Crippen molar-refractivity contribution in [3.8, 4) is 0 Å². The van der Waals surface area contributed by atoms with Crippen LogP contribution in [0.5, 0.6) is 0 Å². The van der Waals surface area contributed by atoms with Crippen LogP contribution in [0.1, 0.15) is 335 Å². The zero-order valence-corrected chi connectivity index (χ0v) is 84.3. The number of esters is 4. The van der Waals surface area contributed by atoms with E-state index in [4.69, 9.17) is 43.4 Å². The minimum Gasteiger partial charge on any atom is -0.481 e. The molecule has 2 saturated heterocycles. The molecule has 0 aromatic heterocycles. The van der Waals surface area contributed by atoms with Crippen molar-refractivity contribution >= 4 is 142 Å². The van der Waals surface area contributed by atoms with Gasteiger partial charge in [-0.2, -0.15) is 0 Å². The van der Waals surface area contributed by atoms with E-state index in [1.807, 2.05) is 138 Å². The van der Waals surface area contributed by atoms with Gasteiger partial charge in [-0.15, -0.1) is 0 Å². The molecule has 6 aromatic rings. The molecule has 42 nitrogen and oxygen atoms in total. The fourth-order valence-electron chi connectivity index (χ4n) is 17.8. The molecular weight excluding hydrogens is 1880 g/mol. The quantitative estimate of drug-likeness (QED) is 0.0195. The van der Waals surface area contributed by atoms with Gasteiger partial charge in [0.05, 0.1) is 66.8 Å². The van der Waals surface area contributed by atoms with E-state index in [0.29, 0.717) is 71.7 Å². The fourth-order valence-corrected chi connectivity index (χ4v) is 17.8. The van der Waals surface area contributed by atoms with Crippen molar-refractivity contribution in [2.45, 2.75) is 279 Å². The number of hydrogen-bond acceptors (Lipinski definition) is 28. The minimum atomic E-state index is -1.49. The lowest BCUT2D eigenvalue weighted by Gasteiger charge is -2.27. The maximum Gasteiger partial charge on any atom is 0.347 e. The number of piperidine rings is 2. The van der Waals surface area contributed by atoms with Gasteiger partial charge in [0.1, 0.15) is 36.3 Å². The summed E-state index contributed by atoms with van der Waals surface area (Å²) in [6, 6.07) is -6.78. The van der Waals surface area contributed by atoms with Crippen molar-refractivity contribution in [1.82, 2.24) is 30.2 Å². The number of hydrogen-bond donors (Lipinski definition) is 12. The second-order valence-corrected chi connectivity index (χ2v) is 36.2. The Morgan fingerprint density at radius 1 is 0.271 bits per heavy atom. The van der Waals surface area contributed by atoms with Crippen LogP contribution in [0.25, 0.3) is 0 Å². The number of carboxylic acids is 6. The summed E-state index contributed by atoms with van der Waals surface area (Å²) in [5, 5.41) is 56.4. The van der Waals surface area contributed by atoms with Crippen molar-refractivity contribution in [3.63, 3.8) is 0 Å². The average Bonchev–Trinajstić information content (AvgIpc) is 1.58. The third kappa shape index (κ3) is 22.8. The molecule has 144 heavy (non-hydrogen) atoms. The lowest BCUT2D eigenvalue weighted by molar-refractivity contribution is -0.144. The van der Waals surface area contributed by atoms with Crippen LogP contribution in [-0.4, -0.2) is 229 Å². The number of rotatable bonds is 20. The zero-order chi connectivity index (χ0) is 110. The number of nitrogens with two attached hydrogens (primary N) is 4. The van der Waals surface area contributed by atoms with E-state index in [1.54, 1.807) is 27.7 Å². The molecule has 6 unspecified atom stereocenters. The molecule has 42 heteroatoms. The van der Waals surface area contributed by atoms with E-state index < -0.39 is 173 Å². The number of carbonyl (C=O) groups is 24. The van der Waals surface area contributed by atoms with Crippen LogP contribution in [0.15, 0.2) is 0 Å². The highest BCUT2D eigenvalue weighted by Gasteiger charge is 2.52. The van der Waals surface area contributed by atoms with Gasteiger partial charge in [-0.05, 0) is 338 Å². The van der Waals surface area contributed by atoms with Crippen LogP contribution in [0.2, 0.25) is 0 Å². The molecule has 6 atom stereocenters. The number of aliphatic carboxylic acids is 6. The van der Waals surface area contributed by atoms with Crippen molar-refractivity contribution in [1.29, 1.82) is 0 Å². The Kier molecular flexibility index (Phi) is 36.6. The molecule has 0 bridgehead atoms. The third-order valence-electron chi connectivity index (χ3n) is 28.3. The fraction of sp³-hybridized carbons (Fsp3) is 0.412. The lowest BCUT2D eigenvalue weighted by Crippen LogP contribution is -2.54. The smallest absolute Gasteiger partial charge is 0.347 e. The Hall–Kier alpha value is -15.9. The maximum atomic E-state index is 12.8. The summed E-state index contributed by atoms with van der Waals surface area (Å²) in [5.41, 5.74) is 45.0. The van der Waals surface area contributed by atoms with Crippen LogP contribution >= 0.6 is 0 Å². The standard InChI is InChI=1S/C17H20N2O5.2C17H18N2O4.C17H19NO6.2C12H12O3.C5H10N2O3.C5H9NO4/c1-7-8(2)10(4)14-13(9(7)3)15(21)19(16(14)22)11(17(23)24)5-6-12(18)20;2*1-7-8(2)10(4)14-13(9(7)3)16(22)19(17(14)23)11-5-6-12(20)18-15(11)21;1-7-8(2)10(4)14-13(9(7)3)15(21)18(16(14)22)11(17(23)24)5-6-12(19)20;2*1-5-6(2)8(4)10-9(7(5)3)11(13)15-12(10)14;2*6-3(5(9)10)1-2-4(7)8/h11H,5-6H2,1-4H3,(H2,18,20)(H,23,24);2*11H,5-6H2,1-4H3,(H,18,20,21);11H,5-6H2,1-4H3,(H,19,20)(H,23,24);2*1-4H3;3H,1-2,6H2,(H2,7,8)(H,9,10);3H,1-2,6H2,(H,7,8)(H,9,10). The van der Waals surface area contributed by atoms with E-state index in [0.717, 1.165) is 126 Å². The number of nitrogens with zero attached hydrogens (tertiary/aromatic N) is 4. The highest BCUT2D eigenvalue weighted by atomic mass is 16.6. The number of fused-ring (bicyclic) bond motifs is 6. The molecule has 0 spiro atoms. The number of cyclic esters (lactones) is 4. The third-order valence-corrected chi connectivity index (χ3v) is 28.3. The van der Waals surface area contributed by atoms with Gasteiger partial charge in [-0.3, -0.25) is 117 Å². The molecule has 8 aliphatic heterocycles. The number of carbonyl (C=O) groups excluding carboxylic acids is 18. The number of ether oxygens (including phenoxy) is 2. The summed E-state index contributed by atoms with van der Waals surface area (Å²) in [6.45, 7) is 44.5. The first-order chi connectivity index (χ1) is 66.7. The molecule has 0 saturated carbocycles. The first-order valence-corrected chi connectivity index (χ1v) is 45.4. The van der Waals surface area contributed by atoms with Gasteiger partial charge in [-0.25, -0.2) is 28.8 Å². The lowest BCUT2D eigenvalue weighted by atomic mass is 9.90. The predicted octanol–water partition coefficient (Wildman–Crippen LogP) is 8.10. The number of imide groups is 6. The first kappa shape index (κ1) is 115. The summed E-state index contributed by atoms with van der Waals surface area (Å²) < 4.78 is 9.25. The van der Waals surface area contributed by atoms with Crippen molar-refractivity contribution in [3.05, 3.63) is 200 Å². The van der Waals surface area contributed by atoms with Gasteiger partial charge < -0.3 is 63.0 Å². The van der Waals surface area contributed by atoms with Crippen molar-refractivity contribution < 1.29 is 155 Å². The Bertz CT molecular complexity index is 6020. The minimum absolute atomic E-state index is 0.0213. The Labute approximate surface area is 826 Å². The van der Waals surface area contributed by atoms with Gasteiger partial charge in [-0.1, -0.05) is 0 Å². The van der Waals surface area contributed by atoms with Gasteiger partial charge >= 0.3 is 59.7 Å². The second kappa shape index (κ2) is 45.8. The first-order valence-electron chi connectivity index (χ1n) is 45.4. The summed E-state index contributed by atoms with van der Waals surface area (Å²) in [4.78, 5) is 283. The number of amides is 14. The number of nitrogens with one attached hydrogen (secondary N) is 2. The molecule has 0 radical (unpaired) electrons. The van der Waals surface area contributed by atoms with Crippen LogP contribution in [-0.2, 0) is 67.0 Å². The zero-order valence-electron chi connectivity index (χ0n) is 84.3. The molecular formula is C102H118N10O32. The van der Waals surface area contributed by atoms with Gasteiger partial charge in [0.15, 0.2) is 0 Å². The van der Waals surface area contributed by atoms with E-state index >= 15 is 0 Å². The van der Waals surface area contributed by atoms with Crippen LogP contribution in [0.4, 0.5) is 0 Å². The molecule has 14 rings (SSSR count). The molecule has 768 valence electrons. The molecule has 0 aliphatic carbocycles. The largest absolute Gasteiger partial charge is 0.481 e. The molecule has 16 N–H and O–H groups in total. The predicted molar refractivity (Wildman–Crippen MR) is 511 cm³/mol. The average molecular weight is 2000 g/mol. The number of primary amides is 2. The SMILES string of the molecule is Cc1c(C)c(C)c2c(c1C)C(=O)N(C(CCC(=O)O)C(=O)O)C2=O.Cc1c(C)c(C)c2c(c1C)C(=O)N(C(CCC(N)=O)C(=O)O)C2=O.Cc1c(C)c(C)c2c(c1C)C(=O)N(C1CCC(=O)NC1=O)C2=O.Cc1c(C)c(C)c2c(c1C)C(=O)N(C1CCC(=O)NC1=O)C2=O.Cc1c(C)c(C)c2c(c1C)C(=O)OC2=O.Cc1c(C)c(C)c2c(c1C)C(=O)OC2=O.NC(=O)CCC(N)C(=O)O.NC(CCC(=O)O)C(=O)O. The summed E-state index contributed by atoms with van der Waals surface area (Å²) in [7, 11) is 0. The molecule has 2 fully saturated rings. The van der Waals surface area contributed by atoms with Gasteiger partial charge in [0.25, 0.3) is 47.3 Å². The highest BCUT2D eigenvalue weighted by molar-refractivity contribution is 6.28. The Morgan fingerprint density at radius 3 is 0.639 bits per heavy atom. The molecule has 8 heterocycles. The maximum absolute atomic E-state index is 12.8. The molecule has 6 aromatic carbocycles. The second-order valence-electron chi connectivity index (χ2n) is 36.2. The topological polar surface area (TPSA) is 691 Å². The summed E-state index contributed by atoms with van der Waals surface area (Å²) in [5.74, 6) is -16.8. The van der Waals surface area contributed by atoms with Crippen LogP contribution in [0, 0.1) is 166 Å². The molecule has 8 aliphatic rings. The monoisotopic (exact) mass is 1990 g/mol. The molecule has 14 amide bonds. The number of benzene rings is 6. The Balaban J connectivity index is 0.000000227. The summed E-state index contributed by atoms with van der Waals surface area (Å²) in [6.07, 6.45) is -0.701. The van der Waals surface area contributed by atoms with E-state index in [9.17, 15) is 125 Å². The van der Waals surface area contributed by atoms with Gasteiger partial charge in [0.2, 0.25) is 35.4 Å². The van der Waals surface area contributed by atoms with Gasteiger partial charge in [0, 0.05) is 38.5 Å². The van der Waals surface area contributed by atoms with E-state index in [-0.39, 0.29) is 105 Å². The van der Waals surface area contributed by atoms with Crippen LogP contribution in [0.3, 0.4) is 0 Å². The summed E-state index contributed by atoms with van der Waals surface area (Å²) >= 11 is 0. The van der Waals surface area contributed by atoms with Crippen LogP contribution < -0.4 is 33.6 Å². The van der Waals surface area contributed by atoms with Crippen molar-refractivity contribution in [2.75, 3.05) is 0 Å². The normalized spacial score (nSPS) is 16.3. The van der Waals surface area contributed by atoms with E-state index in [2.05, 4.69) is 20.1 Å². The Morgan fingerprint density at radius 2 is 0.451 bits per heavy atom.